The van der Waals surface area contributed by atoms with Gasteiger partial charge in [0.05, 0.1) is 13.0 Å². The number of methoxy groups -OCH3 is 1. The smallest absolute Gasteiger partial charge is 0.310 e. The Labute approximate surface area is 127 Å². The molecule has 6 nitrogen and oxygen atoms in total. The van der Waals surface area contributed by atoms with Gasteiger partial charge < -0.3 is 15.0 Å². The molecule has 1 N–H and O–H groups in total. The highest BCUT2D eigenvalue weighted by atomic mass is 16.5. The summed E-state index contributed by atoms with van der Waals surface area (Å²) in [6.07, 6.45) is 1.52. The molecule has 6 heteroatoms. The van der Waals surface area contributed by atoms with E-state index in [4.69, 9.17) is 4.74 Å². The summed E-state index contributed by atoms with van der Waals surface area (Å²) in [7, 11) is 1.34. The molecule has 0 saturated carbocycles. The van der Waals surface area contributed by atoms with E-state index in [9.17, 15) is 14.4 Å². The number of hydrogen-bond acceptors (Lipinski definition) is 4. The Hall–Kier alpha value is -1.59. The number of hydrogen-bond donors (Lipinski definition) is 1. The lowest BCUT2D eigenvalue weighted by atomic mass is 10.0. The lowest BCUT2D eigenvalue weighted by Crippen LogP contribution is -2.44. The van der Waals surface area contributed by atoms with E-state index in [0.717, 1.165) is 12.8 Å². The first-order chi connectivity index (χ1) is 9.87. The summed E-state index contributed by atoms with van der Waals surface area (Å²) in [6, 6.07) is 0. The highest BCUT2D eigenvalue weighted by molar-refractivity contribution is 5.80. The molecule has 0 radical (unpaired) electrons. The van der Waals surface area contributed by atoms with Gasteiger partial charge in [-0.25, -0.2) is 0 Å². The number of nitrogens with one attached hydrogen (secondary N) is 1. The van der Waals surface area contributed by atoms with Gasteiger partial charge in [0.1, 0.15) is 0 Å². The molecule has 0 aliphatic carbocycles. The number of carbonyl (C=O) groups is 3. The highest BCUT2D eigenvalue weighted by Crippen LogP contribution is 2.13. The minimum Gasteiger partial charge on any atom is -0.469 e. The molecule has 0 aliphatic rings. The molecule has 0 rings (SSSR count). The van der Waals surface area contributed by atoms with Gasteiger partial charge in [-0.15, -0.1) is 0 Å². The zero-order valence-electron chi connectivity index (χ0n) is 13.8. The summed E-state index contributed by atoms with van der Waals surface area (Å²) in [4.78, 5) is 36.6. The van der Waals surface area contributed by atoms with E-state index in [1.54, 1.807) is 11.8 Å². The van der Waals surface area contributed by atoms with E-state index in [1.807, 2.05) is 13.8 Å². The minimum absolute atomic E-state index is 0.0288. The molecule has 0 fully saturated rings. The van der Waals surface area contributed by atoms with Crippen molar-refractivity contribution in [2.24, 2.45) is 11.8 Å². The van der Waals surface area contributed by atoms with Gasteiger partial charge in [0.2, 0.25) is 11.8 Å². The lowest BCUT2D eigenvalue weighted by molar-refractivity contribution is -0.147. The monoisotopic (exact) mass is 300 g/mol. The van der Waals surface area contributed by atoms with Gasteiger partial charge in [0, 0.05) is 32.5 Å². The Balaban J connectivity index is 4.78. The van der Waals surface area contributed by atoms with Gasteiger partial charge >= 0.3 is 5.97 Å². The maximum absolute atomic E-state index is 12.5. The van der Waals surface area contributed by atoms with Crippen molar-refractivity contribution in [1.29, 1.82) is 0 Å². The quantitative estimate of drug-likeness (QED) is 0.649. The Morgan fingerprint density at radius 1 is 1.19 bits per heavy atom. The van der Waals surface area contributed by atoms with Gasteiger partial charge in [-0.1, -0.05) is 20.8 Å². The summed E-state index contributed by atoms with van der Waals surface area (Å²) >= 11 is 0. The van der Waals surface area contributed by atoms with Crippen LogP contribution in [0.4, 0.5) is 0 Å². The van der Waals surface area contributed by atoms with Crippen molar-refractivity contribution in [3.8, 4) is 0 Å². The molecule has 0 aliphatic heterocycles. The van der Waals surface area contributed by atoms with Crippen LogP contribution in [0.3, 0.4) is 0 Å². The van der Waals surface area contributed by atoms with Gasteiger partial charge in [-0.3, -0.25) is 14.4 Å². The van der Waals surface area contributed by atoms with Crippen molar-refractivity contribution in [1.82, 2.24) is 10.2 Å². The third-order valence-corrected chi connectivity index (χ3v) is 3.50. The summed E-state index contributed by atoms with van der Waals surface area (Å²) in [5, 5.41) is 2.67. The molecule has 0 aromatic rings. The van der Waals surface area contributed by atoms with Crippen molar-refractivity contribution >= 4 is 17.8 Å². The number of rotatable bonds is 9. The van der Waals surface area contributed by atoms with Crippen molar-refractivity contribution in [3.63, 3.8) is 0 Å². The third kappa shape index (κ3) is 7.11. The van der Waals surface area contributed by atoms with Crippen LogP contribution in [0.25, 0.3) is 0 Å². The van der Waals surface area contributed by atoms with Crippen LogP contribution < -0.4 is 5.32 Å². The molecule has 21 heavy (non-hydrogen) atoms. The fourth-order valence-corrected chi connectivity index (χ4v) is 2.16. The largest absolute Gasteiger partial charge is 0.469 e. The van der Waals surface area contributed by atoms with Crippen molar-refractivity contribution in [3.05, 3.63) is 0 Å². The van der Waals surface area contributed by atoms with Gasteiger partial charge in [-0.05, 0) is 12.8 Å². The van der Waals surface area contributed by atoms with E-state index in [-0.39, 0.29) is 29.6 Å². The van der Waals surface area contributed by atoms with Crippen molar-refractivity contribution < 1.29 is 19.1 Å². The van der Waals surface area contributed by atoms with E-state index in [0.29, 0.717) is 19.6 Å². The number of ether oxygens (including phenoxy) is 1. The topological polar surface area (TPSA) is 75.7 Å². The second kappa shape index (κ2) is 10.2. The first-order valence-electron chi connectivity index (χ1n) is 7.48. The van der Waals surface area contributed by atoms with Crippen LogP contribution in [0.1, 0.15) is 40.5 Å². The number of esters is 1. The standard InChI is InChI=1S/C15H28N2O4/c1-6-13(7-2)14(19)17(9-8-16-12(4)18)10-11(3)15(20)21-5/h11,13H,6-10H2,1-5H3,(H,16,18). The van der Waals surface area contributed by atoms with Gasteiger partial charge in [0.25, 0.3) is 0 Å². The van der Waals surface area contributed by atoms with Crippen molar-refractivity contribution in [2.45, 2.75) is 40.5 Å². The molecule has 0 bridgehead atoms. The molecular weight excluding hydrogens is 272 g/mol. The van der Waals surface area contributed by atoms with Crippen LogP contribution in [0.15, 0.2) is 0 Å². The normalized spacial score (nSPS) is 11.9. The predicted molar refractivity (Wildman–Crippen MR) is 80.5 cm³/mol. The number of carbonyl (C=O) groups excluding carboxylic acids is 3. The highest BCUT2D eigenvalue weighted by Gasteiger charge is 2.25. The summed E-state index contributed by atoms with van der Waals surface area (Å²) in [6.45, 7) is 8.21. The second-order valence-electron chi connectivity index (χ2n) is 5.20. The molecule has 122 valence electrons. The Bertz CT molecular complexity index is 354. The van der Waals surface area contributed by atoms with Crippen LogP contribution in [0, 0.1) is 11.8 Å². The minimum atomic E-state index is -0.384. The van der Waals surface area contributed by atoms with Crippen LogP contribution in [0.2, 0.25) is 0 Å². The average molecular weight is 300 g/mol. The SMILES string of the molecule is CCC(CC)C(=O)N(CCNC(C)=O)CC(C)C(=O)OC. The maximum atomic E-state index is 12.5. The van der Waals surface area contributed by atoms with Crippen LogP contribution in [-0.2, 0) is 19.1 Å². The summed E-state index contributed by atoms with van der Waals surface area (Å²) in [5.74, 6) is -0.873. The van der Waals surface area contributed by atoms with Crippen molar-refractivity contribution in [2.75, 3.05) is 26.7 Å². The molecular formula is C15H28N2O4. The second-order valence-corrected chi connectivity index (χ2v) is 5.20. The molecule has 0 aromatic carbocycles. The summed E-state index contributed by atoms with van der Waals surface area (Å²) < 4.78 is 4.70. The third-order valence-electron chi connectivity index (χ3n) is 3.50. The molecule has 1 unspecified atom stereocenters. The fraction of sp³-hybridized carbons (Fsp3) is 0.800. The fourth-order valence-electron chi connectivity index (χ4n) is 2.16. The Kier molecular flexibility index (Phi) is 9.41. The number of nitrogens with zero attached hydrogens (tertiary/aromatic N) is 1. The average Bonchev–Trinajstić information content (AvgIpc) is 2.45. The Morgan fingerprint density at radius 2 is 1.76 bits per heavy atom. The molecule has 0 spiro atoms. The van der Waals surface area contributed by atoms with Crippen LogP contribution >= 0.6 is 0 Å². The predicted octanol–water partition coefficient (Wildman–Crippen LogP) is 1.20. The maximum Gasteiger partial charge on any atom is 0.310 e. The lowest BCUT2D eigenvalue weighted by Gasteiger charge is -2.28. The number of amides is 2. The van der Waals surface area contributed by atoms with E-state index >= 15 is 0 Å². The first-order valence-corrected chi connectivity index (χ1v) is 7.48. The Morgan fingerprint density at radius 3 is 2.19 bits per heavy atom. The molecule has 2 amide bonds. The van der Waals surface area contributed by atoms with Gasteiger partial charge in [0.15, 0.2) is 0 Å². The zero-order valence-corrected chi connectivity index (χ0v) is 13.8. The molecule has 0 heterocycles. The van der Waals surface area contributed by atoms with Crippen LogP contribution in [-0.4, -0.2) is 49.4 Å². The summed E-state index contributed by atoms with van der Waals surface area (Å²) in [5.41, 5.74) is 0. The zero-order chi connectivity index (χ0) is 16.4. The molecule has 1 atom stereocenters. The van der Waals surface area contributed by atoms with Gasteiger partial charge in [-0.2, -0.15) is 0 Å². The van der Waals surface area contributed by atoms with E-state index in [1.165, 1.54) is 14.0 Å². The van der Waals surface area contributed by atoms with E-state index < -0.39 is 0 Å². The first kappa shape index (κ1) is 19.4. The molecule has 0 aromatic heterocycles. The van der Waals surface area contributed by atoms with E-state index in [2.05, 4.69) is 5.32 Å². The van der Waals surface area contributed by atoms with Crippen LogP contribution in [0.5, 0.6) is 0 Å². The molecule has 0 saturated heterocycles.